The molecule has 3 rings (SSSR count). The maximum atomic E-state index is 13.2. The molecule has 0 aromatic carbocycles. The van der Waals surface area contributed by atoms with Crippen LogP contribution < -0.4 is 5.32 Å². The lowest BCUT2D eigenvalue weighted by atomic mass is 9.71. The third-order valence-electron chi connectivity index (χ3n) is 3.83. The molecule has 1 spiro atoms. The van der Waals surface area contributed by atoms with E-state index >= 15 is 0 Å². The van der Waals surface area contributed by atoms with Crippen LogP contribution in [0.4, 0.5) is 14.5 Å². The van der Waals surface area contributed by atoms with E-state index in [4.69, 9.17) is 0 Å². The van der Waals surface area contributed by atoms with Gasteiger partial charge in [0, 0.05) is 23.5 Å². The number of aromatic nitrogens is 1. The summed E-state index contributed by atoms with van der Waals surface area (Å²) in [4.78, 5) is 16.4. The Morgan fingerprint density at radius 3 is 2.61 bits per heavy atom. The number of carbonyl (C=O) groups is 1. The fourth-order valence-corrected chi connectivity index (χ4v) is 3.10. The number of pyridine rings is 1. The van der Waals surface area contributed by atoms with Crippen molar-refractivity contribution in [3.63, 3.8) is 0 Å². The van der Waals surface area contributed by atoms with Crippen LogP contribution in [0.1, 0.15) is 31.4 Å². The van der Waals surface area contributed by atoms with Crippen LogP contribution >= 0.6 is 15.9 Å². The van der Waals surface area contributed by atoms with Crippen LogP contribution in [0.25, 0.3) is 0 Å². The average molecular weight is 317 g/mol. The third kappa shape index (κ3) is 1.66. The van der Waals surface area contributed by atoms with E-state index in [0.29, 0.717) is 11.4 Å². The lowest BCUT2D eigenvalue weighted by molar-refractivity contribution is -0.126. The number of rotatable bonds is 0. The third-order valence-corrected chi connectivity index (χ3v) is 4.26. The topological polar surface area (TPSA) is 42.0 Å². The highest BCUT2D eigenvalue weighted by molar-refractivity contribution is 9.10. The highest BCUT2D eigenvalue weighted by atomic mass is 79.9. The molecular weight excluding hydrogens is 306 g/mol. The molecule has 1 N–H and O–H groups in total. The molecular formula is C12H11BrF2N2O. The molecule has 96 valence electrons. The molecule has 1 aromatic heterocycles. The Balaban J connectivity index is 2.02. The molecule has 1 saturated carbocycles. The summed E-state index contributed by atoms with van der Waals surface area (Å²) in [6, 6.07) is 1.77. The largest absolute Gasteiger partial charge is 0.324 e. The summed E-state index contributed by atoms with van der Waals surface area (Å²) in [6.07, 6.45) is 1.42. The van der Waals surface area contributed by atoms with Gasteiger partial charge in [0.1, 0.15) is 0 Å². The molecule has 1 amide bonds. The van der Waals surface area contributed by atoms with Crippen molar-refractivity contribution >= 4 is 27.5 Å². The second-order valence-corrected chi connectivity index (χ2v) is 5.86. The summed E-state index contributed by atoms with van der Waals surface area (Å²) in [6.45, 7) is 0. The summed E-state index contributed by atoms with van der Waals surface area (Å²) < 4.78 is 27.3. The maximum Gasteiger partial charge on any atom is 0.248 e. The number of hydrogen-bond acceptors (Lipinski definition) is 2. The zero-order valence-corrected chi connectivity index (χ0v) is 11.1. The zero-order valence-electron chi connectivity index (χ0n) is 9.47. The molecule has 0 unspecified atom stereocenters. The fraction of sp³-hybridized carbons (Fsp3) is 0.500. The minimum atomic E-state index is -2.65. The van der Waals surface area contributed by atoms with Gasteiger partial charge in [0.05, 0.1) is 16.8 Å². The lowest BCUT2D eigenvalue weighted by Crippen LogP contribution is -2.42. The molecule has 18 heavy (non-hydrogen) atoms. The highest BCUT2D eigenvalue weighted by Crippen LogP contribution is 2.50. The number of nitrogens with zero attached hydrogens (tertiary/aromatic N) is 1. The van der Waals surface area contributed by atoms with Gasteiger partial charge in [-0.1, -0.05) is 0 Å². The van der Waals surface area contributed by atoms with E-state index in [1.807, 2.05) is 0 Å². The molecule has 6 heteroatoms. The number of hydrogen-bond donors (Lipinski definition) is 1. The molecule has 0 radical (unpaired) electrons. The maximum absolute atomic E-state index is 13.2. The monoisotopic (exact) mass is 316 g/mol. The van der Waals surface area contributed by atoms with E-state index in [1.165, 1.54) is 0 Å². The number of alkyl halides is 2. The van der Waals surface area contributed by atoms with Crippen molar-refractivity contribution in [3.05, 3.63) is 22.4 Å². The molecule has 1 aliphatic carbocycles. The normalized spacial score (nSPS) is 23.8. The van der Waals surface area contributed by atoms with Crippen molar-refractivity contribution in [2.75, 3.05) is 5.32 Å². The SMILES string of the molecule is O=C1Nc2cc(Br)cnc2C12CCC(F)(F)CC2. The van der Waals surface area contributed by atoms with Crippen molar-refractivity contribution in [3.8, 4) is 0 Å². The van der Waals surface area contributed by atoms with Crippen LogP contribution in [0.3, 0.4) is 0 Å². The molecule has 1 aliphatic heterocycles. The van der Waals surface area contributed by atoms with Crippen molar-refractivity contribution < 1.29 is 13.6 Å². The summed E-state index contributed by atoms with van der Waals surface area (Å²) in [5.41, 5.74) is 0.406. The van der Waals surface area contributed by atoms with Crippen LogP contribution in [0.2, 0.25) is 0 Å². The molecule has 2 aliphatic rings. The van der Waals surface area contributed by atoms with Gasteiger partial charge in [0.25, 0.3) is 0 Å². The van der Waals surface area contributed by atoms with Gasteiger partial charge in [-0.15, -0.1) is 0 Å². The Bertz CT molecular complexity index is 523. The van der Waals surface area contributed by atoms with Crippen LogP contribution in [-0.2, 0) is 10.2 Å². The summed E-state index contributed by atoms with van der Waals surface area (Å²) in [5.74, 6) is -2.84. The van der Waals surface area contributed by atoms with Crippen molar-refractivity contribution in [2.24, 2.45) is 0 Å². The Labute approximate surface area is 111 Å². The fourth-order valence-electron chi connectivity index (χ4n) is 2.77. The van der Waals surface area contributed by atoms with E-state index < -0.39 is 11.3 Å². The van der Waals surface area contributed by atoms with E-state index in [0.717, 1.165) is 4.47 Å². The number of nitrogens with one attached hydrogen (secondary N) is 1. The molecule has 1 fully saturated rings. The first kappa shape index (κ1) is 12.0. The lowest BCUT2D eigenvalue weighted by Gasteiger charge is -2.34. The van der Waals surface area contributed by atoms with Gasteiger partial charge in [-0.25, -0.2) is 8.78 Å². The van der Waals surface area contributed by atoms with Gasteiger partial charge in [-0.2, -0.15) is 0 Å². The van der Waals surface area contributed by atoms with Gasteiger partial charge in [-0.3, -0.25) is 9.78 Å². The van der Waals surface area contributed by atoms with Gasteiger partial charge in [0.15, 0.2) is 0 Å². The average Bonchev–Trinajstić information content (AvgIpc) is 2.55. The number of halogens is 3. The van der Waals surface area contributed by atoms with E-state index in [2.05, 4.69) is 26.2 Å². The predicted molar refractivity (Wildman–Crippen MR) is 65.7 cm³/mol. The molecule has 0 atom stereocenters. The Hall–Kier alpha value is -1.04. The van der Waals surface area contributed by atoms with Crippen molar-refractivity contribution in [2.45, 2.75) is 37.0 Å². The number of fused-ring (bicyclic) bond motifs is 2. The highest BCUT2D eigenvalue weighted by Gasteiger charge is 2.53. The Kier molecular flexibility index (Phi) is 2.49. The second-order valence-electron chi connectivity index (χ2n) is 4.94. The van der Waals surface area contributed by atoms with Crippen LogP contribution in [0, 0.1) is 0 Å². The number of anilines is 1. The molecule has 3 nitrogen and oxygen atoms in total. The van der Waals surface area contributed by atoms with E-state index in [-0.39, 0.29) is 31.6 Å². The molecule has 2 heterocycles. The smallest absolute Gasteiger partial charge is 0.248 e. The van der Waals surface area contributed by atoms with Crippen LogP contribution in [0.5, 0.6) is 0 Å². The zero-order chi connectivity index (χ0) is 13.0. The quantitative estimate of drug-likeness (QED) is 0.798. The standard InChI is InChI=1S/C12H11BrF2N2O/c13-7-5-8-9(16-6-7)11(10(18)17-8)1-3-12(14,15)4-2-11/h5-6H,1-4H2,(H,17,18). The second kappa shape index (κ2) is 3.73. The van der Waals surface area contributed by atoms with E-state index in [9.17, 15) is 13.6 Å². The van der Waals surface area contributed by atoms with Gasteiger partial charge < -0.3 is 5.32 Å². The minimum Gasteiger partial charge on any atom is -0.324 e. The first-order valence-electron chi connectivity index (χ1n) is 5.78. The predicted octanol–water partition coefficient (Wildman–Crippen LogP) is 3.24. The van der Waals surface area contributed by atoms with Gasteiger partial charge >= 0.3 is 0 Å². The van der Waals surface area contributed by atoms with Crippen molar-refractivity contribution in [1.29, 1.82) is 0 Å². The summed E-state index contributed by atoms with van der Waals surface area (Å²) >= 11 is 3.28. The number of amides is 1. The number of carbonyl (C=O) groups excluding carboxylic acids is 1. The van der Waals surface area contributed by atoms with Crippen molar-refractivity contribution in [1.82, 2.24) is 4.98 Å². The van der Waals surface area contributed by atoms with E-state index in [1.54, 1.807) is 12.3 Å². The minimum absolute atomic E-state index is 0.160. The molecule has 0 bridgehead atoms. The summed E-state index contributed by atoms with van der Waals surface area (Å²) in [7, 11) is 0. The molecule has 0 saturated heterocycles. The first-order chi connectivity index (χ1) is 8.43. The van der Waals surface area contributed by atoms with Gasteiger partial charge in [-0.05, 0) is 34.8 Å². The van der Waals surface area contributed by atoms with Gasteiger partial charge in [0.2, 0.25) is 11.8 Å². The Morgan fingerprint density at radius 2 is 1.94 bits per heavy atom. The summed E-state index contributed by atoms with van der Waals surface area (Å²) in [5, 5.41) is 2.75. The Morgan fingerprint density at radius 1 is 1.28 bits per heavy atom. The molecule has 1 aromatic rings. The first-order valence-corrected chi connectivity index (χ1v) is 6.58. The van der Waals surface area contributed by atoms with Crippen LogP contribution in [-0.4, -0.2) is 16.8 Å². The van der Waals surface area contributed by atoms with Crippen LogP contribution in [0.15, 0.2) is 16.7 Å².